The van der Waals surface area contributed by atoms with Gasteiger partial charge in [0, 0.05) is 26.0 Å². The van der Waals surface area contributed by atoms with Gasteiger partial charge in [-0.3, -0.25) is 14.4 Å². The third kappa shape index (κ3) is 5.22. The zero-order chi connectivity index (χ0) is 25.2. The van der Waals surface area contributed by atoms with Crippen LogP contribution in [0.3, 0.4) is 0 Å². The van der Waals surface area contributed by atoms with Crippen LogP contribution in [-0.4, -0.2) is 20.4 Å². The monoisotopic (exact) mass is 494 g/mol. The molecule has 178 valence electrons. The molecule has 0 aliphatic rings. The van der Waals surface area contributed by atoms with Crippen LogP contribution in [0.5, 0.6) is 17.2 Å². The summed E-state index contributed by atoms with van der Waals surface area (Å²) in [7, 11) is -4.20. The second kappa shape index (κ2) is 9.43. The van der Waals surface area contributed by atoms with Gasteiger partial charge >= 0.3 is 22.1 Å². The molecule has 1 aromatic heterocycles. The number of esters is 2. The molecule has 0 bridgehead atoms. The minimum absolute atomic E-state index is 0.0488. The molecule has 35 heavy (non-hydrogen) atoms. The standard InChI is InChI=1S/C25H18O9S/c1-15(26)32-18-10-8-17(9-11-18)21-14-31-22-12-19(13-23(33-16(2)27)24(22)25(21)28)34-35(29,30)20-6-4-3-5-7-20/h3-14H,1-2H3. The van der Waals surface area contributed by atoms with Crippen molar-refractivity contribution < 1.29 is 36.1 Å². The lowest BCUT2D eigenvalue weighted by atomic mass is 10.0. The zero-order valence-corrected chi connectivity index (χ0v) is 19.3. The van der Waals surface area contributed by atoms with Gasteiger partial charge in [-0.1, -0.05) is 30.3 Å². The van der Waals surface area contributed by atoms with Gasteiger partial charge in [0.25, 0.3) is 0 Å². The molecule has 0 aliphatic heterocycles. The fraction of sp³-hybridized carbons (Fsp3) is 0.0800. The van der Waals surface area contributed by atoms with Gasteiger partial charge in [0.2, 0.25) is 5.43 Å². The molecule has 4 aromatic rings. The third-order valence-electron chi connectivity index (χ3n) is 4.73. The smallest absolute Gasteiger partial charge is 0.339 e. The summed E-state index contributed by atoms with van der Waals surface area (Å²) >= 11 is 0. The molecule has 10 heteroatoms. The first kappa shape index (κ1) is 23.7. The van der Waals surface area contributed by atoms with Crippen molar-refractivity contribution >= 4 is 33.0 Å². The summed E-state index contributed by atoms with van der Waals surface area (Å²) in [6.07, 6.45) is 1.19. The summed E-state index contributed by atoms with van der Waals surface area (Å²) in [5.74, 6) is -1.35. The largest absolute Gasteiger partial charge is 0.463 e. The normalized spacial score (nSPS) is 11.1. The Hall–Kier alpha value is -4.44. The minimum atomic E-state index is -4.20. The van der Waals surface area contributed by atoms with Crippen LogP contribution in [0.2, 0.25) is 0 Å². The van der Waals surface area contributed by atoms with Gasteiger partial charge in [0.1, 0.15) is 39.4 Å². The molecule has 0 radical (unpaired) electrons. The van der Waals surface area contributed by atoms with E-state index in [9.17, 15) is 22.8 Å². The number of benzene rings is 3. The quantitative estimate of drug-likeness (QED) is 0.221. The second-order valence-electron chi connectivity index (χ2n) is 7.34. The number of rotatable bonds is 6. The number of ether oxygens (including phenoxy) is 2. The summed E-state index contributed by atoms with van der Waals surface area (Å²) in [6.45, 7) is 2.41. The number of hydrogen-bond acceptors (Lipinski definition) is 9. The average molecular weight is 494 g/mol. The van der Waals surface area contributed by atoms with Crippen molar-refractivity contribution in [3.63, 3.8) is 0 Å². The molecule has 4 rings (SSSR count). The molecule has 3 aromatic carbocycles. The molecule has 0 spiro atoms. The van der Waals surface area contributed by atoms with E-state index in [0.29, 0.717) is 11.3 Å². The summed E-state index contributed by atoms with van der Waals surface area (Å²) in [4.78, 5) is 36.1. The maximum atomic E-state index is 13.3. The molecule has 0 unspecified atom stereocenters. The van der Waals surface area contributed by atoms with Crippen LogP contribution in [0.15, 0.2) is 87.1 Å². The fourth-order valence-electron chi connectivity index (χ4n) is 3.31. The number of hydrogen-bond donors (Lipinski definition) is 0. The van der Waals surface area contributed by atoms with Crippen LogP contribution in [0.4, 0.5) is 0 Å². The van der Waals surface area contributed by atoms with E-state index >= 15 is 0 Å². The Kier molecular flexibility index (Phi) is 6.39. The van der Waals surface area contributed by atoms with Gasteiger partial charge in [-0.15, -0.1) is 0 Å². The molecule has 0 fully saturated rings. The van der Waals surface area contributed by atoms with Crippen LogP contribution in [-0.2, 0) is 19.7 Å². The Bertz CT molecular complexity index is 1590. The van der Waals surface area contributed by atoms with Crippen molar-refractivity contribution in [2.75, 3.05) is 0 Å². The highest BCUT2D eigenvalue weighted by atomic mass is 32.2. The first-order valence-corrected chi connectivity index (χ1v) is 11.6. The highest BCUT2D eigenvalue weighted by molar-refractivity contribution is 7.87. The van der Waals surface area contributed by atoms with E-state index in [2.05, 4.69) is 0 Å². The molecule has 0 atom stereocenters. The van der Waals surface area contributed by atoms with E-state index in [1.807, 2.05) is 0 Å². The summed E-state index contributed by atoms with van der Waals surface area (Å²) in [6, 6.07) is 16.0. The Morgan fingerprint density at radius 3 is 2.11 bits per heavy atom. The lowest BCUT2D eigenvalue weighted by Gasteiger charge is -2.11. The molecule has 0 aliphatic carbocycles. The Morgan fingerprint density at radius 2 is 1.49 bits per heavy atom. The Morgan fingerprint density at radius 1 is 0.829 bits per heavy atom. The van der Waals surface area contributed by atoms with Gasteiger partial charge in [-0.2, -0.15) is 8.42 Å². The van der Waals surface area contributed by atoms with Crippen molar-refractivity contribution in [2.24, 2.45) is 0 Å². The predicted molar refractivity (Wildman–Crippen MR) is 125 cm³/mol. The van der Waals surface area contributed by atoms with Crippen LogP contribution < -0.4 is 19.1 Å². The molecule has 0 saturated heterocycles. The van der Waals surface area contributed by atoms with Gasteiger partial charge in [0.15, 0.2) is 0 Å². The van der Waals surface area contributed by atoms with E-state index in [-0.39, 0.29) is 32.9 Å². The third-order valence-corrected chi connectivity index (χ3v) is 5.99. The lowest BCUT2D eigenvalue weighted by molar-refractivity contribution is -0.132. The van der Waals surface area contributed by atoms with Crippen molar-refractivity contribution in [3.8, 4) is 28.4 Å². The highest BCUT2D eigenvalue weighted by Gasteiger charge is 2.21. The van der Waals surface area contributed by atoms with Crippen molar-refractivity contribution in [2.45, 2.75) is 18.7 Å². The molecule has 0 amide bonds. The minimum Gasteiger partial charge on any atom is -0.463 e. The topological polar surface area (TPSA) is 126 Å². The van der Waals surface area contributed by atoms with Crippen LogP contribution in [0, 0.1) is 0 Å². The molecular formula is C25H18O9S. The summed E-state index contributed by atoms with van der Waals surface area (Å²) < 4.78 is 46.2. The molecule has 0 saturated carbocycles. The van der Waals surface area contributed by atoms with Gasteiger partial charge < -0.3 is 18.1 Å². The zero-order valence-electron chi connectivity index (χ0n) is 18.5. The van der Waals surface area contributed by atoms with E-state index in [1.165, 1.54) is 43.5 Å². The maximum Gasteiger partial charge on any atom is 0.339 e. The van der Waals surface area contributed by atoms with E-state index in [4.69, 9.17) is 18.1 Å². The van der Waals surface area contributed by atoms with E-state index in [0.717, 1.165) is 13.0 Å². The molecule has 0 N–H and O–H groups in total. The van der Waals surface area contributed by atoms with Gasteiger partial charge in [0.05, 0.1) is 5.56 Å². The summed E-state index contributed by atoms with van der Waals surface area (Å²) in [5, 5.41) is -0.0776. The fourth-order valence-corrected chi connectivity index (χ4v) is 4.24. The SMILES string of the molecule is CC(=O)Oc1ccc(-c2coc3cc(OS(=O)(=O)c4ccccc4)cc(OC(C)=O)c3c2=O)cc1. The average Bonchev–Trinajstić information content (AvgIpc) is 2.79. The van der Waals surface area contributed by atoms with Gasteiger partial charge in [-0.25, -0.2) is 0 Å². The van der Waals surface area contributed by atoms with Crippen molar-refractivity contribution in [1.82, 2.24) is 0 Å². The molecule has 1 heterocycles. The van der Waals surface area contributed by atoms with Crippen LogP contribution in [0.25, 0.3) is 22.1 Å². The first-order chi connectivity index (χ1) is 16.6. The molecule has 9 nitrogen and oxygen atoms in total. The Labute approximate surface area is 199 Å². The van der Waals surface area contributed by atoms with Crippen LogP contribution >= 0.6 is 0 Å². The van der Waals surface area contributed by atoms with Crippen molar-refractivity contribution in [3.05, 3.63) is 83.2 Å². The predicted octanol–water partition coefficient (Wildman–Crippen LogP) is 4.08. The lowest BCUT2D eigenvalue weighted by Crippen LogP contribution is -2.12. The summed E-state index contributed by atoms with van der Waals surface area (Å²) in [5.41, 5.74) is 0.0238. The highest BCUT2D eigenvalue weighted by Crippen LogP contribution is 2.33. The Balaban J connectivity index is 1.80. The second-order valence-corrected chi connectivity index (χ2v) is 8.88. The maximum absolute atomic E-state index is 13.3. The number of carbonyl (C=O) groups excluding carboxylic acids is 2. The molecular weight excluding hydrogens is 476 g/mol. The number of carbonyl (C=O) groups is 2. The van der Waals surface area contributed by atoms with Crippen molar-refractivity contribution in [1.29, 1.82) is 0 Å². The van der Waals surface area contributed by atoms with Gasteiger partial charge in [-0.05, 0) is 29.8 Å². The van der Waals surface area contributed by atoms with Crippen LogP contribution in [0.1, 0.15) is 13.8 Å². The van der Waals surface area contributed by atoms with E-state index < -0.39 is 27.5 Å². The number of fused-ring (bicyclic) bond motifs is 1. The first-order valence-electron chi connectivity index (χ1n) is 10.2. The van der Waals surface area contributed by atoms with E-state index in [1.54, 1.807) is 30.3 Å².